The summed E-state index contributed by atoms with van der Waals surface area (Å²) in [6.07, 6.45) is 1.10. The van der Waals surface area contributed by atoms with Crippen LogP contribution in [0.2, 0.25) is 0 Å². The number of hydrogen-bond acceptors (Lipinski definition) is 8. The summed E-state index contributed by atoms with van der Waals surface area (Å²) in [4.78, 5) is 20.2. The molecule has 2 aliphatic rings. The second-order valence-corrected chi connectivity index (χ2v) is 9.06. The molecule has 1 atom stereocenters. The molecule has 2 aliphatic heterocycles. The zero-order valence-electron chi connectivity index (χ0n) is 18.2. The third-order valence-electron chi connectivity index (χ3n) is 4.74. The first-order valence-corrected chi connectivity index (χ1v) is 12.9. The predicted molar refractivity (Wildman–Crippen MR) is 129 cm³/mol. The Labute approximate surface area is 223 Å². The number of aliphatic imine (C=N–C) groups is 2. The number of rotatable bonds is 4. The molecule has 4 rings (SSSR count). The molecular formula is C22H22Br2F2MnN4O4. The molecule has 8 nitrogen and oxygen atoms in total. The zero-order chi connectivity index (χ0) is 25.8. The van der Waals surface area contributed by atoms with Gasteiger partial charge in [-0.1, -0.05) is 6.07 Å². The van der Waals surface area contributed by atoms with Gasteiger partial charge in [-0.15, -0.1) is 0 Å². The molecule has 2 aromatic carbocycles. The second kappa shape index (κ2) is 15.1. The van der Waals surface area contributed by atoms with E-state index < -0.39 is 20.9 Å². The third-order valence-corrected chi connectivity index (χ3v) is 5.95. The molecule has 0 aliphatic carbocycles. The van der Waals surface area contributed by atoms with Gasteiger partial charge in [0.05, 0.1) is 8.95 Å². The number of carbonyl (C=O) groups is 1. The SMILES string of the molecule is O=C(C1=NCCCN1)c1ccc(F)c(Br)c1.OC(C1=NCCCN1)c1ccc(F)c(Br)c1.[O]=[Mn]=[O]. The van der Waals surface area contributed by atoms with Crippen LogP contribution in [0.15, 0.2) is 55.3 Å². The molecule has 0 saturated carbocycles. The van der Waals surface area contributed by atoms with E-state index in [1.807, 2.05) is 0 Å². The van der Waals surface area contributed by atoms with Crippen LogP contribution < -0.4 is 10.6 Å². The first kappa shape index (κ1) is 29.2. The molecule has 1 unspecified atom stereocenters. The number of amidine groups is 2. The zero-order valence-corrected chi connectivity index (χ0v) is 22.6. The fraction of sp³-hybridized carbons (Fsp3) is 0.318. The van der Waals surface area contributed by atoms with Gasteiger partial charge in [0.2, 0.25) is 5.78 Å². The van der Waals surface area contributed by atoms with Crippen LogP contribution >= 0.6 is 31.9 Å². The average molecular weight is 659 g/mol. The molecule has 0 spiro atoms. The van der Waals surface area contributed by atoms with E-state index >= 15 is 0 Å². The van der Waals surface area contributed by atoms with Crippen LogP contribution in [-0.2, 0) is 22.5 Å². The van der Waals surface area contributed by atoms with E-state index in [0.29, 0.717) is 33.8 Å². The Morgan fingerprint density at radius 1 is 0.943 bits per heavy atom. The van der Waals surface area contributed by atoms with Crippen LogP contribution in [0.4, 0.5) is 8.78 Å². The summed E-state index contributed by atoms with van der Waals surface area (Å²) in [5, 5.41) is 16.0. The van der Waals surface area contributed by atoms with Crippen molar-refractivity contribution in [1.82, 2.24) is 10.6 Å². The number of nitrogens with zero attached hydrogens (tertiary/aromatic N) is 2. The van der Waals surface area contributed by atoms with Crippen molar-refractivity contribution in [1.29, 1.82) is 0 Å². The summed E-state index contributed by atoms with van der Waals surface area (Å²) in [6, 6.07) is 8.65. The number of Topliss-reactive ketones (excluding diaryl/α,β-unsaturated/α-hetero) is 1. The van der Waals surface area contributed by atoms with Gasteiger partial charge < -0.3 is 15.7 Å². The Morgan fingerprint density at radius 3 is 2.03 bits per heavy atom. The quantitative estimate of drug-likeness (QED) is 0.338. The number of ketones is 1. The maximum absolute atomic E-state index is 13.0. The molecule has 0 saturated heterocycles. The number of hydrogen-bond donors (Lipinski definition) is 3. The van der Waals surface area contributed by atoms with E-state index in [0.717, 1.165) is 32.5 Å². The molecule has 0 bridgehead atoms. The van der Waals surface area contributed by atoms with Crippen LogP contribution in [-0.4, -0.2) is 48.7 Å². The topological polar surface area (TPSA) is 120 Å². The number of nitrogens with one attached hydrogen (secondary N) is 2. The molecule has 3 N–H and O–H groups in total. The number of halogens is 4. The molecule has 2 heterocycles. The summed E-state index contributed by atoms with van der Waals surface area (Å²) in [7, 11) is 0. The Bertz CT molecular complexity index is 1140. The molecule has 13 heteroatoms. The first-order chi connectivity index (χ1) is 16.8. The second-order valence-electron chi connectivity index (χ2n) is 7.16. The standard InChI is InChI=1S/C11H12BrFN2O.C11H10BrFN2O.Mn.2O/c2*12-8-6-7(2-3-9(8)13)10(16)11-14-4-1-5-15-11;;;/h2-3,6,10,16H,1,4-5H2,(H,14,15);2-3,6H,1,4-5H2,(H,14,15);;;. The summed E-state index contributed by atoms with van der Waals surface area (Å²) in [5.74, 6) is 0.0134. The Morgan fingerprint density at radius 2 is 1.51 bits per heavy atom. The van der Waals surface area contributed by atoms with Gasteiger partial charge in [-0.25, -0.2) is 8.78 Å². The first-order valence-electron chi connectivity index (χ1n) is 10.4. The molecular weight excluding hydrogens is 637 g/mol. The molecule has 0 radical (unpaired) electrons. The van der Waals surface area contributed by atoms with E-state index in [-0.39, 0.29) is 21.9 Å². The van der Waals surface area contributed by atoms with Crippen molar-refractivity contribution in [3.63, 3.8) is 0 Å². The van der Waals surface area contributed by atoms with Gasteiger partial charge in [-0.3, -0.25) is 14.8 Å². The fourth-order valence-corrected chi connectivity index (χ4v) is 3.81. The van der Waals surface area contributed by atoms with Crippen LogP contribution in [0.25, 0.3) is 0 Å². The van der Waals surface area contributed by atoms with E-state index in [4.69, 9.17) is 7.67 Å². The predicted octanol–water partition coefficient (Wildman–Crippen LogP) is 3.94. The Kier molecular flexibility index (Phi) is 12.6. The summed E-state index contributed by atoms with van der Waals surface area (Å²) >= 11 is 4.71. The van der Waals surface area contributed by atoms with E-state index in [2.05, 4.69) is 52.5 Å². The van der Waals surface area contributed by atoms with Crippen LogP contribution in [0.3, 0.4) is 0 Å². The van der Waals surface area contributed by atoms with Crippen LogP contribution in [0, 0.1) is 11.6 Å². The number of aliphatic hydroxyl groups is 1. The summed E-state index contributed by atoms with van der Waals surface area (Å²) in [6.45, 7) is 2.96. The summed E-state index contributed by atoms with van der Waals surface area (Å²) < 4.78 is 43.5. The van der Waals surface area contributed by atoms with Crippen molar-refractivity contribution >= 4 is 49.3 Å². The summed E-state index contributed by atoms with van der Waals surface area (Å²) in [5.41, 5.74) is 1.06. The van der Waals surface area contributed by atoms with Gasteiger partial charge in [-0.2, -0.15) is 0 Å². The van der Waals surface area contributed by atoms with E-state index in [1.54, 1.807) is 12.1 Å². The fourth-order valence-electron chi connectivity index (χ4n) is 3.03. The normalized spacial score (nSPS) is 15.3. The van der Waals surface area contributed by atoms with Gasteiger partial charge in [0.15, 0.2) is 5.84 Å². The average Bonchev–Trinajstić information content (AvgIpc) is 2.88. The van der Waals surface area contributed by atoms with E-state index in [1.165, 1.54) is 24.3 Å². The van der Waals surface area contributed by atoms with Crippen molar-refractivity contribution in [3.8, 4) is 0 Å². The van der Waals surface area contributed by atoms with E-state index in [9.17, 15) is 18.7 Å². The minimum atomic E-state index is -1.44. The van der Waals surface area contributed by atoms with Crippen molar-refractivity contribution < 1.29 is 41.2 Å². The molecule has 35 heavy (non-hydrogen) atoms. The number of benzene rings is 2. The van der Waals surface area contributed by atoms with Crippen LogP contribution in [0.1, 0.15) is 34.9 Å². The number of aliphatic hydroxyl groups excluding tert-OH is 1. The van der Waals surface area contributed by atoms with Crippen LogP contribution in [0.5, 0.6) is 0 Å². The molecule has 0 aromatic heterocycles. The van der Waals surface area contributed by atoms with Crippen molar-refractivity contribution in [2.75, 3.05) is 26.2 Å². The molecule has 0 amide bonds. The van der Waals surface area contributed by atoms with Gasteiger partial charge in [-0.05, 0) is 80.6 Å². The third kappa shape index (κ3) is 9.15. The van der Waals surface area contributed by atoms with Gasteiger partial charge in [0.25, 0.3) is 0 Å². The van der Waals surface area contributed by atoms with Crippen molar-refractivity contribution in [2.24, 2.45) is 9.98 Å². The minimum absolute atomic E-state index is 0.194. The monoisotopic (exact) mass is 657 g/mol. The molecule has 0 fully saturated rings. The molecule has 2 aromatic rings. The Hall–Kier alpha value is -2.05. The van der Waals surface area contributed by atoms with Crippen molar-refractivity contribution in [2.45, 2.75) is 18.9 Å². The van der Waals surface area contributed by atoms with Crippen molar-refractivity contribution in [3.05, 3.63) is 68.1 Å². The van der Waals surface area contributed by atoms with Gasteiger partial charge in [0.1, 0.15) is 23.6 Å². The van der Waals surface area contributed by atoms with Gasteiger partial charge >= 0.3 is 22.5 Å². The number of carbonyl (C=O) groups excluding carboxylic acids is 1. The van der Waals surface area contributed by atoms with Gasteiger partial charge in [0, 0.05) is 31.7 Å². The Balaban J connectivity index is 0.000000222. The maximum atomic E-state index is 13.0. The molecule has 189 valence electrons.